The van der Waals surface area contributed by atoms with E-state index >= 15 is 0 Å². The van der Waals surface area contributed by atoms with Crippen LogP contribution in [-0.4, -0.2) is 48.0 Å². The second-order valence-electron chi connectivity index (χ2n) is 5.20. The van der Waals surface area contributed by atoms with Crippen LogP contribution in [0, 0.1) is 0 Å². The van der Waals surface area contributed by atoms with Crippen LogP contribution in [0.5, 0.6) is 0 Å². The van der Waals surface area contributed by atoms with Crippen molar-refractivity contribution >= 4 is 5.71 Å². The van der Waals surface area contributed by atoms with Gasteiger partial charge in [0.15, 0.2) is 0 Å². The van der Waals surface area contributed by atoms with Crippen molar-refractivity contribution in [3.63, 3.8) is 0 Å². The molecule has 1 fully saturated rings. The van der Waals surface area contributed by atoms with E-state index in [1.54, 1.807) is 0 Å². The fourth-order valence-electron chi connectivity index (χ4n) is 2.43. The second kappa shape index (κ2) is 5.08. The summed E-state index contributed by atoms with van der Waals surface area (Å²) < 4.78 is 0. The lowest BCUT2D eigenvalue weighted by molar-refractivity contribution is 0.0372. The van der Waals surface area contributed by atoms with Gasteiger partial charge in [0.2, 0.25) is 0 Å². The smallest absolute Gasteiger partial charge is 0.0718 e. The summed E-state index contributed by atoms with van der Waals surface area (Å²) in [6, 6.07) is 0.440. The molecule has 15 heavy (non-hydrogen) atoms. The molecule has 3 nitrogen and oxygen atoms in total. The lowest BCUT2D eigenvalue weighted by atomic mass is 9.91. The summed E-state index contributed by atoms with van der Waals surface area (Å²) in [4.78, 5) is 6.61. The Hall–Kier alpha value is -0.410. The summed E-state index contributed by atoms with van der Waals surface area (Å²) in [6.07, 6.45) is 4.84. The summed E-state index contributed by atoms with van der Waals surface area (Å²) in [5.41, 5.74) is 0.679. The molecule has 1 saturated carbocycles. The maximum Gasteiger partial charge on any atom is 0.0718 e. The van der Waals surface area contributed by atoms with Crippen molar-refractivity contribution in [2.24, 2.45) is 4.99 Å². The van der Waals surface area contributed by atoms with Crippen LogP contribution in [0.4, 0.5) is 0 Å². The first kappa shape index (κ1) is 12.7. The quantitative estimate of drug-likeness (QED) is 0.773. The Bertz CT molecular complexity index is 230. The molecule has 0 amide bonds. The maximum atomic E-state index is 9.80. The summed E-state index contributed by atoms with van der Waals surface area (Å²) >= 11 is 0. The van der Waals surface area contributed by atoms with E-state index in [-0.39, 0.29) is 0 Å². The van der Waals surface area contributed by atoms with E-state index in [0.29, 0.717) is 12.6 Å². The average Bonchev–Trinajstić information content (AvgIpc) is 2.15. The Morgan fingerprint density at radius 2 is 2.13 bits per heavy atom. The van der Waals surface area contributed by atoms with Crippen LogP contribution in [0.15, 0.2) is 4.99 Å². The van der Waals surface area contributed by atoms with Gasteiger partial charge < -0.3 is 5.11 Å². The van der Waals surface area contributed by atoms with E-state index in [1.165, 1.54) is 25.0 Å². The summed E-state index contributed by atoms with van der Waals surface area (Å²) in [6.45, 7) is 4.42. The molecule has 0 aromatic carbocycles. The SMILES string of the molecule is CN=C1CCCC[C@@H]1N(C)CC(C)(C)O. The van der Waals surface area contributed by atoms with Gasteiger partial charge in [0.05, 0.1) is 5.60 Å². The first-order valence-electron chi connectivity index (χ1n) is 5.82. The van der Waals surface area contributed by atoms with Crippen molar-refractivity contribution in [2.45, 2.75) is 51.2 Å². The highest BCUT2D eigenvalue weighted by Gasteiger charge is 2.27. The van der Waals surface area contributed by atoms with Crippen molar-refractivity contribution in [3.8, 4) is 0 Å². The van der Waals surface area contributed by atoms with Gasteiger partial charge in [-0.3, -0.25) is 9.89 Å². The molecule has 0 bridgehead atoms. The van der Waals surface area contributed by atoms with Gasteiger partial charge in [0, 0.05) is 25.3 Å². The summed E-state index contributed by atoms with van der Waals surface area (Å²) in [5, 5.41) is 9.80. The normalized spacial score (nSPS) is 26.3. The maximum absolute atomic E-state index is 9.80. The number of aliphatic imine (C=N–C) groups is 1. The highest BCUT2D eigenvalue weighted by molar-refractivity contribution is 5.90. The van der Waals surface area contributed by atoms with Crippen molar-refractivity contribution in [1.29, 1.82) is 0 Å². The molecule has 0 heterocycles. The molecule has 3 heteroatoms. The van der Waals surface area contributed by atoms with Gasteiger partial charge >= 0.3 is 0 Å². The van der Waals surface area contributed by atoms with E-state index in [9.17, 15) is 5.11 Å². The van der Waals surface area contributed by atoms with E-state index in [2.05, 4.69) is 16.9 Å². The fraction of sp³-hybridized carbons (Fsp3) is 0.917. The topological polar surface area (TPSA) is 35.8 Å². The number of hydrogen-bond donors (Lipinski definition) is 1. The Morgan fingerprint density at radius 3 is 2.67 bits per heavy atom. The minimum atomic E-state index is -0.620. The third-order valence-electron chi connectivity index (χ3n) is 3.00. The van der Waals surface area contributed by atoms with Crippen molar-refractivity contribution in [1.82, 2.24) is 4.90 Å². The van der Waals surface area contributed by atoms with Crippen molar-refractivity contribution in [3.05, 3.63) is 0 Å². The molecule has 0 radical (unpaired) electrons. The zero-order valence-corrected chi connectivity index (χ0v) is 10.5. The number of likely N-dealkylation sites (N-methyl/N-ethyl adjacent to an activating group) is 1. The van der Waals surface area contributed by atoms with Gasteiger partial charge in [-0.15, -0.1) is 0 Å². The molecular formula is C12H24N2O. The number of aliphatic hydroxyl groups is 1. The Kier molecular flexibility index (Phi) is 4.29. The molecule has 0 aromatic rings. The Labute approximate surface area is 93.2 Å². The van der Waals surface area contributed by atoms with E-state index in [4.69, 9.17) is 0 Å². The van der Waals surface area contributed by atoms with Crippen LogP contribution in [0.2, 0.25) is 0 Å². The number of hydrogen-bond acceptors (Lipinski definition) is 3. The first-order chi connectivity index (χ1) is 6.94. The second-order valence-corrected chi connectivity index (χ2v) is 5.20. The lowest BCUT2D eigenvalue weighted by Gasteiger charge is -2.35. The van der Waals surface area contributed by atoms with Crippen LogP contribution in [0.3, 0.4) is 0 Å². The predicted octanol–water partition coefficient (Wildman–Crippen LogP) is 1.70. The highest BCUT2D eigenvalue weighted by Crippen LogP contribution is 2.21. The summed E-state index contributed by atoms with van der Waals surface area (Å²) in [7, 11) is 3.96. The Balaban J connectivity index is 2.60. The molecule has 1 aliphatic rings. The zero-order chi connectivity index (χ0) is 11.5. The van der Waals surface area contributed by atoms with Gasteiger partial charge in [-0.05, 0) is 40.2 Å². The van der Waals surface area contributed by atoms with Gasteiger partial charge in [0.25, 0.3) is 0 Å². The van der Waals surface area contributed by atoms with Gasteiger partial charge in [-0.1, -0.05) is 6.42 Å². The predicted molar refractivity (Wildman–Crippen MR) is 64.5 cm³/mol. The average molecular weight is 212 g/mol. The largest absolute Gasteiger partial charge is 0.389 e. The minimum absolute atomic E-state index is 0.440. The van der Waals surface area contributed by atoms with Crippen LogP contribution >= 0.6 is 0 Å². The van der Waals surface area contributed by atoms with E-state index in [0.717, 1.165) is 6.42 Å². The third kappa shape index (κ3) is 3.92. The van der Waals surface area contributed by atoms with E-state index in [1.807, 2.05) is 20.9 Å². The molecule has 88 valence electrons. The molecule has 0 unspecified atom stereocenters. The molecule has 1 N–H and O–H groups in total. The van der Waals surface area contributed by atoms with E-state index < -0.39 is 5.60 Å². The first-order valence-corrected chi connectivity index (χ1v) is 5.82. The van der Waals surface area contributed by atoms with Crippen molar-refractivity contribution in [2.75, 3.05) is 20.6 Å². The molecule has 1 atom stereocenters. The zero-order valence-electron chi connectivity index (χ0n) is 10.5. The highest BCUT2D eigenvalue weighted by atomic mass is 16.3. The molecule has 1 aliphatic carbocycles. The monoisotopic (exact) mass is 212 g/mol. The summed E-state index contributed by atoms with van der Waals surface area (Å²) in [5.74, 6) is 0. The molecule has 0 aromatic heterocycles. The molecule has 0 saturated heterocycles. The minimum Gasteiger partial charge on any atom is -0.389 e. The number of rotatable bonds is 3. The molecule has 0 spiro atoms. The molecule has 1 rings (SSSR count). The molecular weight excluding hydrogens is 188 g/mol. The van der Waals surface area contributed by atoms with Gasteiger partial charge in [-0.25, -0.2) is 0 Å². The van der Waals surface area contributed by atoms with Crippen LogP contribution in [-0.2, 0) is 0 Å². The standard InChI is InChI=1S/C12H24N2O/c1-12(2,15)9-14(4)11-8-6-5-7-10(11)13-3/h11,15H,5-9H2,1-4H3/t11-/m0/s1. The van der Waals surface area contributed by atoms with Crippen LogP contribution in [0.1, 0.15) is 39.5 Å². The van der Waals surface area contributed by atoms with Gasteiger partial charge in [0.1, 0.15) is 0 Å². The fourth-order valence-corrected chi connectivity index (χ4v) is 2.43. The van der Waals surface area contributed by atoms with Gasteiger partial charge in [-0.2, -0.15) is 0 Å². The Morgan fingerprint density at radius 1 is 1.47 bits per heavy atom. The van der Waals surface area contributed by atoms with Crippen molar-refractivity contribution < 1.29 is 5.11 Å². The number of nitrogens with zero attached hydrogens (tertiary/aromatic N) is 2. The van der Waals surface area contributed by atoms with Crippen LogP contribution in [0.25, 0.3) is 0 Å². The third-order valence-corrected chi connectivity index (χ3v) is 3.00. The van der Waals surface area contributed by atoms with Crippen LogP contribution < -0.4 is 0 Å². The lowest BCUT2D eigenvalue weighted by Crippen LogP contribution is -2.46. The molecule has 0 aliphatic heterocycles.